The van der Waals surface area contributed by atoms with Crippen LogP contribution in [0.2, 0.25) is 0 Å². The van der Waals surface area contributed by atoms with Gasteiger partial charge in [-0.3, -0.25) is 4.79 Å². The molecule has 0 aliphatic rings. The van der Waals surface area contributed by atoms with Crippen molar-refractivity contribution in [2.45, 2.75) is 18.6 Å². The average Bonchev–Trinajstić information content (AvgIpc) is 1.69. The van der Waals surface area contributed by atoms with Crippen molar-refractivity contribution in [3.8, 4) is 0 Å². The van der Waals surface area contributed by atoms with Gasteiger partial charge in [-0.2, -0.15) is 11.8 Å². The van der Waals surface area contributed by atoms with Crippen LogP contribution in [0.3, 0.4) is 0 Å². The van der Waals surface area contributed by atoms with Crippen LogP contribution in [0, 0.1) is 0 Å². The number of rotatable bonds is 3. The first-order valence-electron chi connectivity index (χ1n) is 2.48. The van der Waals surface area contributed by atoms with E-state index in [4.69, 9.17) is 5.11 Å². The largest absolute Gasteiger partial charge is 0.480 e. The molecule has 0 aromatic heterocycles. The molecule has 0 unspecified atom stereocenters. The smallest absolute Gasteiger partial charge is 0.316 e. The highest BCUT2D eigenvalue weighted by Gasteiger charge is 2.11. The van der Waals surface area contributed by atoms with E-state index in [0.29, 0.717) is 6.42 Å². The molecule has 8 heavy (non-hydrogen) atoms. The lowest BCUT2D eigenvalue weighted by Crippen LogP contribution is -2.13. The zero-order chi connectivity index (χ0) is 6.57. The van der Waals surface area contributed by atoms with E-state index in [0.717, 1.165) is 0 Å². The summed E-state index contributed by atoms with van der Waals surface area (Å²) in [6.45, 7) is 1.87. The van der Waals surface area contributed by atoms with Crippen molar-refractivity contribution in [2.75, 3.05) is 6.26 Å². The molecule has 0 aromatic carbocycles. The maximum atomic E-state index is 10.1. The molecule has 0 aromatic rings. The number of carbonyl (C=O) groups is 1. The molecule has 0 saturated carbocycles. The molecule has 0 aliphatic heterocycles. The van der Waals surface area contributed by atoms with Gasteiger partial charge in [0.15, 0.2) is 0 Å². The van der Waals surface area contributed by atoms with Crippen LogP contribution in [-0.2, 0) is 4.79 Å². The predicted octanol–water partition coefficient (Wildman–Crippen LogP) is 1.21. The molecule has 0 saturated heterocycles. The minimum atomic E-state index is -0.708. The number of hydrogen-bond acceptors (Lipinski definition) is 2. The zero-order valence-corrected chi connectivity index (χ0v) is 5.86. The summed E-state index contributed by atoms with van der Waals surface area (Å²) in [4.78, 5) is 10.1. The normalized spacial score (nSPS) is 13.2. The molecule has 2 nitrogen and oxygen atoms in total. The van der Waals surface area contributed by atoms with Crippen LogP contribution in [-0.4, -0.2) is 22.6 Å². The summed E-state index contributed by atoms with van der Waals surface area (Å²) in [5.41, 5.74) is 0. The predicted molar refractivity (Wildman–Crippen MR) is 35.2 cm³/mol. The highest BCUT2D eigenvalue weighted by atomic mass is 32.2. The standard InChI is InChI=1S/C5H10O2S/c1-3-4(8-2)5(6)7/h4H,3H2,1-2H3,(H,6,7)/t4-/m1/s1. The Bertz CT molecular complexity index is 78.5. The van der Waals surface area contributed by atoms with Crippen LogP contribution in [0.5, 0.6) is 0 Å². The lowest BCUT2D eigenvalue weighted by molar-refractivity contribution is -0.136. The van der Waals surface area contributed by atoms with Gasteiger partial charge >= 0.3 is 5.97 Å². The van der Waals surface area contributed by atoms with Gasteiger partial charge in [0.05, 0.1) is 0 Å². The van der Waals surface area contributed by atoms with Crippen LogP contribution in [0.25, 0.3) is 0 Å². The van der Waals surface area contributed by atoms with Gasteiger partial charge in [0, 0.05) is 0 Å². The monoisotopic (exact) mass is 134 g/mol. The molecule has 0 fully saturated rings. The lowest BCUT2D eigenvalue weighted by Gasteiger charge is -2.02. The van der Waals surface area contributed by atoms with Crippen molar-refractivity contribution in [3.05, 3.63) is 0 Å². The van der Waals surface area contributed by atoms with Crippen LogP contribution < -0.4 is 0 Å². The lowest BCUT2D eigenvalue weighted by atomic mass is 10.3. The molecular formula is C5H10O2S. The van der Waals surface area contributed by atoms with E-state index < -0.39 is 5.97 Å². The Morgan fingerprint density at radius 1 is 1.88 bits per heavy atom. The van der Waals surface area contributed by atoms with Crippen LogP contribution >= 0.6 is 11.8 Å². The van der Waals surface area contributed by atoms with Gasteiger partial charge in [0.25, 0.3) is 0 Å². The van der Waals surface area contributed by atoms with Crippen molar-refractivity contribution in [3.63, 3.8) is 0 Å². The maximum absolute atomic E-state index is 10.1. The fourth-order valence-electron chi connectivity index (χ4n) is 0.442. The van der Waals surface area contributed by atoms with Crippen molar-refractivity contribution >= 4 is 17.7 Å². The highest BCUT2D eigenvalue weighted by molar-refractivity contribution is 7.99. The molecule has 0 aliphatic carbocycles. The Balaban J connectivity index is 3.52. The Morgan fingerprint density at radius 3 is 2.38 bits per heavy atom. The summed E-state index contributed by atoms with van der Waals surface area (Å²) in [7, 11) is 0. The fourth-order valence-corrected chi connectivity index (χ4v) is 0.977. The van der Waals surface area contributed by atoms with Gasteiger partial charge in [-0.15, -0.1) is 0 Å². The molecule has 3 heteroatoms. The van der Waals surface area contributed by atoms with Gasteiger partial charge in [-0.25, -0.2) is 0 Å². The summed E-state index contributed by atoms with van der Waals surface area (Å²) >= 11 is 1.38. The van der Waals surface area contributed by atoms with Gasteiger partial charge < -0.3 is 5.11 Å². The van der Waals surface area contributed by atoms with E-state index in [-0.39, 0.29) is 5.25 Å². The third-order valence-electron chi connectivity index (χ3n) is 0.931. The van der Waals surface area contributed by atoms with E-state index in [1.165, 1.54) is 11.8 Å². The Hall–Kier alpha value is -0.180. The molecule has 0 bridgehead atoms. The van der Waals surface area contributed by atoms with Crippen molar-refractivity contribution in [1.82, 2.24) is 0 Å². The van der Waals surface area contributed by atoms with Crippen LogP contribution in [0.1, 0.15) is 13.3 Å². The summed E-state index contributed by atoms with van der Waals surface area (Å²) in [5.74, 6) is -0.708. The number of carboxylic acid groups (broad SMARTS) is 1. The topological polar surface area (TPSA) is 37.3 Å². The van der Waals surface area contributed by atoms with E-state index in [9.17, 15) is 4.79 Å². The summed E-state index contributed by atoms with van der Waals surface area (Å²) in [6, 6.07) is 0. The molecule has 0 amide bonds. The third-order valence-corrected chi connectivity index (χ3v) is 2.03. The van der Waals surface area contributed by atoms with Gasteiger partial charge in [0.2, 0.25) is 0 Å². The number of aliphatic carboxylic acids is 1. The number of thioether (sulfide) groups is 1. The molecule has 0 heterocycles. The van der Waals surface area contributed by atoms with Crippen LogP contribution in [0.15, 0.2) is 0 Å². The summed E-state index contributed by atoms with van der Waals surface area (Å²) in [5, 5.41) is 8.14. The first-order valence-corrected chi connectivity index (χ1v) is 3.76. The second-order valence-corrected chi connectivity index (χ2v) is 2.51. The fraction of sp³-hybridized carbons (Fsp3) is 0.800. The molecule has 1 atom stereocenters. The van der Waals surface area contributed by atoms with Gasteiger partial charge in [-0.05, 0) is 12.7 Å². The molecule has 0 rings (SSSR count). The molecule has 0 radical (unpaired) electrons. The Morgan fingerprint density at radius 2 is 2.38 bits per heavy atom. The van der Waals surface area contributed by atoms with Crippen molar-refractivity contribution in [1.29, 1.82) is 0 Å². The zero-order valence-electron chi connectivity index (χ0n) is 5.05. The highest BCUT2D eigenvalue weighted by Crippen LogP contribution is 2.09. The number of hydrogen-bond donors (Lipinski definition) is 1. The third kappa shape index (κ3) is 2.21. The average molecular weight is 134 g/mol. The summed E-state index contributed by atoms with van der Waals surface area (Å²) < 4.78 is 0. The number of carboxylic acids is 1. The molecule has 0 spiro atoms. The first-order chi connectivity index (χ1) is 3.72. The molecule has 48 valence electrons. The van der Waals surface area contributed by atoms with Crippen LogP contribution in [0.4, 0.5) is 0 Å². The van der Waals surface area contributed by atoms with Crippen molar-refractivity contribution < 1.29 is 9.90 Å². The second kappa shape index (κ2) is 3.78. The van der Waals surface area contributed by atoms with E-state index in [2.05, 4.69) is 0 Å². The Labute approximate surface area is 53.3 Å². The van der Waals surface area contributed by atoms with Gasteiger partial charge in [-0.1, -0.05) is 6.92 Å². The quantitative estimate of drug-likeness (QED) is 0.630. The van der Waals surface area contributed by atoms with Gasteiger partial charge in [0.1, 0.15) is 5.25 Å². The minimum absolute atomic E-state index is 0.213. The molecular weight excluding hydrogens is 124 g/mol. The van der Waals surface area contributed by atoms with Crippen molar-refractivity contribution in [2.24, 2.45) is 0 Å². The SMILES string of the molecule is CC[C@@H](SC)C(=O)O. The summed E-state index contributed by atoms with van der Waals surface area (Å²) in [6.07, 6.45) is 2.51. The molecule has 1 N–H and O–H groups in total. The second-order valence-electron chi connectivity index (χ2n) is 1.47. The maximum Gasteiger partial charge on any atom is 0.316 e. The van der Waals surface area contributed by atoms with E-state index >= 15 is 0 Å². The van der Waals surface area contributed by atoms with E-state index in [1.54, 1.807) is 0 Å². The first kappa shape index (κ1) is 7.82. The Kier molecular flexibility index (Phi) is 3.69. The minimum Gasteiger partial charge on any atom is -0.480 e. The van der Waals surface area contributed by atoms with E-state index in [1.807, 2.05) is 13.2 Å².